The standard InChI is InChI=1S/C28H34N4O/c1-30(2)24-9-8-10-25(21-24)33-28(14-6-3-7-15-28)32-19-17-31(18-20-32)16-13-23-22-29-27-12-5-4-11-26(23)27/h3-12,14,21-22,29H,13,15-20H2,1-2H3. The highest BCUT2D eigenvalue weighted by molar-refractivity contribution is 5.83. The zero-order chi connectivity index (χ0) is 22.7. The van der Waals surface area contributed by atoms with Gasteiger partial charge in [-0.05, 0) is 36.3 Å². The van der Waals surface area contributed by atoms with Crippen molar-refractivity contribution in [3.63, 3.8) is 0 Å². The van der Waals surface area contributed by atoms with Crippen LogP contribution < -0.4 is 9.64 Å². The van der Waals surface area contributed by atoms with Gasteiger partial charge in [-0.3, -0.25) is 4.90 Å². The Morgan fingerprint density at radius 2 is 1.85 bits per heavy atom. The maximum atomic E-state index is 6.71. The van der Waals surface area contributed by atoms with Crippen LogP contribution in [0.5, 0.6) is 5.75 Å². The molecule has 0 spiro atoms. The highest BCUT2D eigenvalue weighted by Gasteiger charge is 2.38. The first-order valence-corrected chi connectivity index (χ1v) is 12.0. The summed E-state index contributed by atoms with van der Waals surface area (Å²) in [5.74, 6) is 0.919. The average Bonchev–Trinajstić information content (AvgIpc) is 3.27. The molecule has 5 rings (SSSR count). The first-order valence-electron chi connectivity index (χ1n) is 12.0. The second-order valence-corrected chi connectivity index (χ2v) is 9.27. The highest BCUT2D eigenvalue weighted by Crippen LogP contribution is 2.32. The number of rotatable bonds is 7. The van der Waals surface area contributed by atoms with Crippen LogP contribution in [0.4, 0.5) is 5.69 Å². The van der Waals surface area contributed by atoms with Gasteiger partial charge in [-0.25, -0.2) is 0 Å². The molecular formula is C28H34N4O. The van der Waals surface area contributed by atoms with Crippen LogP contribution in [0.2, 0.25) is 0 Å². The Balaban J connectivity index is 1.23. The van der Waals surface area contributed by atoms with E-state index < -0.39 is 5.72 Å². The molecule has 0 radical (unpaired) electrons. The van der Waals surface area contributed by atoms with Crippen molar-refractivity contribution < 1.29 is 4.74 Å². The third-order valence-corrected chi connectivity index (χ3v) is 6.92. The van der Waals surface area contributed by atoms with Crippen molar-refractivity contribution in [3.05, 3.63) is 84.6 Å². The summed E-state index contributed by atoms with van der Waals surface area (Å²) in [7, 11) is 4.13. The van der Waals surface area contributed by atoms with E-state index in [1.165, 1.54) is 16.5 Å². The molecule has 0 bridgehead atoms. The molecule has 2 aromatic carbocycles. The van der Waals surface area contributed by atoms with E-state index in [2.05, 4.69) is 113 Å². The van der Waals surface area contributed by atoms with Crippen LogP contribution in [0.3, 0.4) is 0 Å². The van der Waals surface area contributed by atoms with Crippen molar-refractivity contribution in [1.29, 1.82) is 0 Å². The lowest BCUT2D eigenvalue weighted by Crippen LogP contribution is -2.59. The summed E-state index contributed by atoms with van der Waals surface area (Å²) in [4.78, 5) is 10.6. The Labute approximate surface area is 196 Å². The normalized spacial score (nSPS) is 21.5. The number of nitrogens with one attached hydrogen (secondary N) is 1. The number of aromatic nitrogens is 1. The predicted octanol–water partition coefficient (Wildman–Crippen LogP) is 4.69. The van der Waals surface area contributed by atoms with Gasteiger partial charge in [0.25, 0.3) is 0 Å². The third kappa shape index (κ3) is 4.70. The molecule has 1 aliphatic heterocycles. The quantitative estimate of drug-likeness (QED) is 0.576. The summed E-state index contributed by atoms with van der Waals surface area (Å²) < 4.78 is 6.71. The number of piperazine rings is 1. The average molecular weight is 443 g/mol. The minimum Gasteiger partial charge on any atom is -0.469 e. The highest BCUT2D eigenvalue weighted by atomic mass is 16.5. The van der Waals surface area contributed by atoms with Crippen LogP contribution in [-0.4, -0.2) is 67.3 Å². The van der Waals surface area contributed by atoms with Gasteiger partial charge in [0.15, 0.2) is 5.72 Å². The Bertz CT molecular complexity index is 1140. The van der Waals surface area contributed by atoms with E-state index in [0.717, 1.165) is 57.0 Å². The zero-order valence-corrected chi connectivity index (χ0v) is 19.7. The number of hydrogen-bond donors (Lipinski definition) is 1. The van der Waals surface area contributed by atoms with Gasteiger partial charge in [-0.1, -0.05) is 42.5 Å². The van der Waals surface area contributed by atoms with E-state index in [9.17, 15) is 0 Å². The van der Waals surface area contributed by atoms with Gasteiger partial charge in [0.2, 0.25) is 0 Å². The lowest BCUT2D eigenvalue weighted by Gasteiger charge is -2.46. The molecule has 1 saturated heterocycles. The number of nitrogens with zero attached hydrogens (tertiary/aromatic N) is 3. The predicted molar refractivity (Wildman–Crippen MR) is 137 cm³/mol. The molecule has 1 unspecified atom stereocenters. The Morgan fingerprint density at radius 1 is 1.00 bits per heavy atom. The Kier molecular flexibility index (Phi) is 6.25. The molecule has 1 N–H and O–H groups in total. The van der Waals surface area contributed by atoms with Gasteiger partial charge in [0.05, 0.1) is 0 Å². The fourth-order valence-electron chi connectivity index (χ4n) is 4.96. The monoisotopic (exact) mass is 442 g/mol. The number of anilines is 1. The topological polar surface area (TPSA) is 34.7 Å². The molecule has 172 valence electrons. The van der Waals surface area contributed by atoms with Gasteiger partial charge in [-0.15, -0.1) is 0 Å². The second-order valence-electron chi connectivity index (χ2n) is 9.27. The van der Waals surface area contributed by atoms with Gasteiger partial charge >= 0.3 is 0 Å². The summed E-state index contributed by atoms with van der Waals surface area (Å²) in [5.41, 5.74) is 3.38. The molecule has 2 aliphatic rings. The van der Waals surface area contributed by atoms with E-state index in [1.807, 2.05) is 0 Å². The van der Waals surface area contributed by atoms with Crippen LogP contribution in [0.1, 0.15) is 12.0 Å². The summed E-state index contributed by atoms with van der Waals surface area (Å²) in [5, 5.41) is 1.35. The summed E-state index contributed by atoms with van der Waals surface area (Å²) >= 11 is 0. The van der Waals surface area contributed by atoms with Crippen molar-refractivity contribution in [1.82, 2.24) is 14.8 Å². The second kappa shape index (κ2) is 9.46. The first kappa shape index (κ1) is 21.8. The molecule has 0 amide bonds. The van der Waals surface area contributed by atoms with Crippen molar-refractivity contribution >= 4 is 16.6 Å². The molecule has 1 aliphatic carbocycles. The molecule has 1 atom stereocenters. The molecule has 0 saturated carbocycles. The van der Waals surface area contributed by atoms with E-state index in [0.29, 0.717) is 0 Å². The molecular weight excluding hydrogens is 408 g/mol. The van der Waals surface area contributed by atoms with Gasteiger partial charge in [-0.2, -0.15) is 0 Å². The number of allylic oxidation sites excluding steroid dienone is 2. The Hall–Kier alpha value is -3.02. The fourth-order valence-corrected chi connectivity index (χ4v) is 4.96. The zero-order valence-electron chi connectivity index (χ0n) is 19.7. The largest absolute Gasteiger partial charge is 0.469 e. The van der Waals surface area contributed by atoms with Gasteiger partial charge < -0.3 is 19.5 Å². The number of aromatic amines is 1. The molecule has 3 aromatic rings. The van der Waals surface area contributed by atoms with Crippen LogP contribution in [0.25, 0.3) is 10.9 Å². The van der Waals surface area contributed by atoms with E-state index >= 15 is 0 Å². The SMILES string of the molecule is CN(C)c1cccc(OC2(N3CCN(CCc4c[nH]c5ccccc45)CC3)C=CC=CC2)c1. The number of H-pyrrole nitrogens is 1. The van der Waals surface area contributed by atoms with Crippen molar-refractivity contribution in [2.45, 2.75) is 18.6 Å². The third-order valence-electron chi connectivity index (χ3n) is 6.92. The molecule has 5 heteroatoms. The fraction of sp³-hybridized carbons (Fsp3) is 0.357. The molecule has 1 fully saturated rings. The van der Waals surface area contributed by atoms with Crippen LogP contribution >= 0.6 is 0 Å². The van der Waals surface area contributed by atoms with Crippen molar-refractivity contribution in [3.8, 4) is 5.75 Å². The molecule has 1 aromatic heterocycles. The van der Waals surface area contributed by atoms with Crippen molar-refractivity contribution in [2.75, 3.05) is 51.7 Å². The Morgan fingerprint density at radius 3 is 2.64 bits per heavy atom. The van der Waals surface area contributed by atoms with Crippen LogP contribution in [-0.2, 0) is 6.42 Å². The van der Waals surface area contributed by atoms with Crippen LogP contribution in [0.15, 0.2) is 79.0 Å². The van der Waals surface area contributed by atoms with E-state index in [-0.39, 0.29) is 0 Å². The number of benzene rings is 2. The number of fused-ring (bicyclic) bond motifs is 1. The van der Waals surface area contributed by atoms with E-state index in [4.69, 9.17) is 4.74 Å². The summed E-state index contributed by atoms with van der Waals surface area (Å²) in [6.07, 6.45) is 12.8. The lowest BCUT2D eigenvalue weighted by atomic mass is 10.0. The first-order chi connectivity index (χ1) is 16.1. The summed E-state index contributed by atoms with van der Waals surface area (Å²) in [6.45, 7) is 5.20. The minimum absolute atomic E-state index is 0.414. The van der Waals surface area contributed by atoms with Gasteiger partial charge in [0.1, 0.15) is 5.75 Å². The molecule has 33 heavy (non-hydrogen) atoms. The van der Waals surface area contributed by atoms with Crippen molar-refractivity contribution in [2.24, 2.45) is 0 Å². The van der Waals surface area contributed by atoms with E-state index in [1.54, 1.807) is 0 Å². The maximum Gasteiger partial charge on any atom is 0.186 e. The van der Waals surface area contributed by atoms with Crippen LogP contribution in [0, 0.1) is 0 Å². The maximum absolute atomic E-state index is 6.71. The molecule has 2 heterocycles. The number of hydrogen-bond acceptors (Lipinski definition) is 4. The smallest absolute Gasteiger partial charge is 0.186 e. The minimum atomic E-state index is -0.414. The number of ether oxygens (including phenoxy) is 1. The number of para-hydroxylation sites is 1. The molecule has 5 nitrogen and oxygen atoms in total. The van der Waals surface area contributed by atoms with Gasteiger partial charge in [0, 0.05) is 82.1 Å². The summed E-state index contributed by atoms with van der Waals surface area (Å²) in [6, 6.07) is 17.0. The lowest BCUT2D eigenvalue weighted by molar-refractivity contribution is -0.0662.